The Kier molecular flexibility index (Phi) is 8.31. The van der Waals surface area contributed by atoms with E-state index in [1.165, 1.54) is 7.11 Å². The van der Waals surface area contributed by atoms with Gasteiger partial charge in [-0.05, 0) is 43.5 Å². The summed E-state index contributed by atoms with van der Waals surface area (Å²) in [5.74, 6) is 0.655. The first kappa shape index (κ1) is 21.7. The summed E-state index contributed by atoms with van der Waals surface area (Å²) in [6.45, 7) is 6.45. The average molecular weight is 407 g/mol. The Morgan fingerprint density at radius 3 is 2.54 bits per heavy atom. The third-order valence-electron chi connectivity index (χ3n) is 3.67. The van der Waals surface area contributed by atoms with E-state index in [4.69, 9.17) is 13.9 Å². The van der Waals surface area contributed by atoms with Crippen molar-refractivity contribution >= 4 is 23.6 Å². The molecule has 1 N–H and O–H groups in total. The number of rotatable bonds is 10. The summed E-state index contributed by atoms with van der Waals surface area (Å²) in [5, 5.41) is 10.9. The summed E-state index contributed by atoms with van der Waals surface area (Å²) in [5.41, 5.74) is 0.759. The van der Waals surface area contributed by atoms with Crippen molar-refractivity contribution in [2.45, 2.75) is 38.5 Å². The van der Waals surface area contributed by atoms with Gasteiger partial charge in [-0.25, -0.2) is 4.79 Å². The Morgan fingerprint density at radius 1 is 1.21 bits per heavy atom. The molecule has 0 saturated carbocycles. The Bertz CT molecular complexity index is 776. The molecule has 0 aliphatic rings. The molecule has 1 amide bonds. The standard InChI is InChI=1S/C19H25N3O5S/c1-5-26-14-8-6-13(7-9-14)17-21-22-19(27-17)28-11-16(23)20-15(10-12(2)3)18(24)25-4/h6-9,12,15H,5,10-11H2,1-4H3,(H,20,23)/t15-/m1/s1. The molecule has 0 aliphatic heterocycles. The van der Waals surface area contributed by atoms with Crippen LogP contribution in [-0.2, 0) is 14.3 Å². The van der Waals surface area contributed by atoms with Crippen LogP contribution in [0.15, 0.2) is 33.9 Å². The van der Waals surface area contributed by atoms with Gasteiger partial charge in [0.1, 0.15) is 11.8 Å². The number of nitrogens with one attached hydrogen (secondary N) is 1. The van der Waals surface area contributed by atoms with Gasteiger partial charge in [-0.1, -0.05) is 25.6 Å². The molecule has 1 atom stereocenters. The maximum absolute atomic E-state index is 12.2. The van der Waals surface area contributed by atoms with Crippen LogP contribution in [0.4, 0.5) is 0 Å². The molecule has 2 rings (SSSR count). The number of aromatic nitrogens is 2. The van der Waals surface area contributed by atoms with Gasteiger partial charge in [0.25, 0.3) is 5.22 Å². The zero-order valence-electron chi connectivity index (χ0n) is 16.4. The van der Waals surface area contributed by atoms with E-state index in [2.05, 4.69) is 15.5 Å². The van der Waals surface area contributed by atoms with Gasteiger partial charge < -0.3 is 19.2 Å². The molecule has 9 heteroatoms. The molecule has 152 valence electrons. The van der Waals surface area contributed by atoms with Crippen LogP contribution >= 0.6 is 11.8 Å². The molecule has 1 heterocycles. The fraction of sp³-hybridized carbons (Fsp3) is 0.474. The second kappa shape index (κ2) is 10.7. The van der Waals surface area contributed by atoms with Gasteiger partial charge in [0.05, 0.1) is 19.5 Å². The number of carbonyl (C=O) groups is 2. The second-order valence-electron chi connectivity index (χ2n) is 6.39. The first-order chi connectivity index (χ1) is 13.4. The van der Waals surface area contributed by atoms with Crippen molar-refractivity contribution in [3.05, 3.63) is 24.3 Å². The summed E-state index contributed by atoms with van der Waals surface area (Å²) < 4.78 is 15.7. The van der Waals surface area contributed by atoms with Crippen LogP contribution in [0.2, 0.25) is 0 Å². The topological polar surface area (TPSA) is 104 Å². The number of esters is 1. The average Bonchev–Trinajstić information content (AvgIpc) is 3.15. The molecule has 0 fully saturated rings. The number of carbonyl (C=O) groups excluding carboxylic acids is 2. The third kappa shape index (κ3) is 6.56. The van der Waals surface area contributed by atoms with Gasteiger partial charge >= 0.3 is 5.97 Å². The molecule has 0 unspecified atom stereocenters. The minimum absolute atomic E-state index is 0.0521. The summed E-state index contributed by atoms with van der Waals surface area (Å²) >= 11 is 1.11. The highest BCUT2D eigenvalue weighted by molar-refractivity contribution is 7.99. The molecule has 0 radical (unpaired) electrons. The van der Waals surface area contributed by atoms with E-state index < -0.39 is 12.0 Å². The van der Waals surface area contributed by atoms with E-state index in [0.717, 1.165) is 23.1 Å². The molecule has 2 aromatic rings. The third-order valence-corrected chi connectivity index (χ3v) is 4.49. The molecule has 1 aromatic carbocycles. The summed E-state index contributed by atoms with van der Waals surface area (Å²) in [6, 6.07) is 6.63. The van der Waals surface area contributed by atoms with Crippen LogP contribution in [0.5, 0.6) is 5.75 Å². The fourth-order valence-corrected chi connectivity index (χ4v) is 3.01. The number of amides is 1. The predicted octanol–water partition coefficient (Wildman–Crippen LogP) is 2.93. The zero-order chi connectivity index (χ0) is 20.5. The van der Waals surface area contributed by atoms with Gasteiger partial charge in [-0.2, -0.15) is 0 Å². The van der Waals surface area contributed by atoms with Crippen molar-refractivity contribution in [1.82, 2.24) is 15.5 Å². The van der Waals surface area contributed by atoms with Gasteiger partial charge in [-0.15, -0.1) is 10.2 Å². The maximum atomic E-state index is 12.2. The van der Waals surface area contributed by atoms with Crippen molar-refractivity contribution in [2.24, 2.45) is 5.92 Å². The van der Waals surface area contributed by atoms with Gasteiger partial charge in [-0.3, -0.25) is 4.79 Å². The van der Waals surface area contributed by atoms with Gasteiger partial charge in [0, 0.05) is 5.56 Å². The van der Waals surface area contributed by atoms with E-state index in [9.17, 15) is 9.59 Å². The maximum Gasteiger partial charge on any atom is 0.328 e. The van der Waals surface area contributed by atoms with Crippen molar-refractivity contribution in [3.63, 3.8) is 0 Å². The highest BCUT2D eigenvalue weighted by atomic mass is 32.2. The first-order valence-electron chi connectivity index (χ1n) is 8.99. The van der Waals surface area contributed by atoms with E-state index in [-0.39, 0.29) is 22.8 Å². The molecular formula is C19H25N3O5S. The summed E-state index contributed by atoms with van der Waals surface area (Å²) in [7, 11) is 1.30. The van der Waals surface area contributed by atoms with Crippen LogP contribution in [0, 0.1) is 5.92 Å². The quantitative estimate of drug-likeness (QED) is 0.474. The molecule has 0 saturated heterocycles. The van der Waals surface area contributed by atoms with Gasteiger partial charge in [0.15, 0.2) is 0 Å². The molecule has 1 aromatic heterocycles. The van der Waals surface area contributed by atoms with Crippen molar-refractivity contribution in [3.8, 4) is 17.2 Å². The lowest BCUT2D eigenvalue weighted by atomic mass is 10.0. The number of hydrogen-bond donors (Lipinski definition) is 1. The molecular weight excluding hydrogens is 382 g/mol. The molecule has 8 nitrogen and oxygen atoms in total. The second-order valence-corrected chi connectivity index (χ2v) is 7.32. The lowest BCUT2D eigenvalue weighted by Crippen LogP contribution is -2.43. The zero-order valence-corrected chi connectivity index (χ0v) is 17.2. The van der Waals surface area contributed by atoms with Crippen LogP contribution in [0.1, 0.15) is 27.2 Å². The van der Waals surface area contributed by atoms with E-state index in [0.29, 0.717) is 18.9 Å². The van der Waals surface area contributed by atoms with Gasteiger partial charge in [0.2, 0.25) is 11.8 Å². The highest BCUT2D eigenvalue weighted by Gasteiger charge is 2.23. The minimum Gasteiger partial charge on any atom is -0.494 e. The monoisotopic (exact) mass is 407 g/mol. The van der Waals surface area contributed by atoms with Crippen LogP contribution in [0.25, 0.3) is 11.5 Å². The number of nitrogens with zero attached hydrogens (tertiary/aromatic N) is 2. The Morgan fingerprint density at radius 2 is 1.93 bits per heavy atom. The Hall–Kier alpha value is -2.55. The van der Waals surface area contributed by atoms with Crippen LogP contribution in [0.3, 0.4) is 0 Å². The van der Waals surface area contributed by atoms with Crippen LogP contribution < -0.4 is 10.1 Å². The van der Waals surface area contributed by atoms with E-state index in [1.807, 2.05) is 45.0 Å². The minimum atomic E-state index is -0.666. The number of thioether (sulfide) groups is 1. The lowest BCUT2D eigenvalue weighted by Gasteiger charge is -2.17. The van der Waals surface area contributed by atoms with Crippen LogP contribution in [-0.4, -0.2) is 47.6 Å². The predicted molar refractivity (Wildman–Crippen MR) is 105 cm³/mol. The van der Waals surface area contributed by atoms with E-state index in [1.54, 1.807) is 0 Å². The number of ether oxygens (including phenoxy) is 2. The lowest BCUT2D eigenvalue weighted by molar-refractivity contribution is -0.145. The number of benzene rings is 1. The summed E-state index contributed by atoms with van der Waals surface area (Å²) in [4.78, 5) is 23.9. The van der Waals surface area contributed by atoms with Crippen molar-refractivity contribution < 1.29 is 23.5 Å². The van der Waals surface area contributed by atoms with Crippen molar-refractivity contribution in [1.29, 1.82) is 0 Å². The molecule has 0 spiro atoms. The first-order valence-corrected chi connectivity index (χ1v) is 9.98. The number of methoxy groups -OCH3 is 1. The highest BCUT2D eigenvalue weighted by Crippen LogP contribution is 2.25. The molecule has 28 heavy (non-hydrogen) atoms. The molecule has 0 bridgehead atoms. The Labute approximate surface area is 168 Å². The normalized spacial score (nSPS) is 11.9. The SMILES string of the molecule is CCOc1ccc(-c2nnc(SCC(=O)N[C@H](CC(C)C)C(=O)OC)o2)cc1. The van der Waals surface area contributed by atoms with E-state index >= 15 is 0 Å². The largest absolute Gasteiger partial charge is 0.494 e. The van der Waals surface area contributed by atoms with Crippen molar-refractivity contribution in [2.75, 3.05) is 19.5 Å². The smallest absolute Gasteiger partial charge is 0.328 e. The summed E-state index contributed by atoms with van der Waals surface area (Å²) in [6.07, 6.45) is 0.505. The molecule has 0 aliphatic carbocycles. The number of hydrogen-bond acceptors (Lipinski definition) is 8. The fourth-order valence-electron chi connectivity index (χ4n) is 2.44. The Balaban J connectivity index is 1.90.